The van der Waals surface area contributed by atoms with Gasteiger partial charge in [0.1, 0.15) is 23.6 Å². The van der Waals surface area contributed by atoms with E-state index >= 15 is 4.39 Å². The van der Waals surface area contributed by atoms with Crippen LogP contribution in [0.25, 0.3) is 32.9 Å². The molecule has 238 valence electrons. The average molecular weight is 655 g/mol. The van der Waals surface area contributed by atoms with Crippen molar-refractivity contribution in [3.63, 3.8) is 0 Å². The number of likely N-dealkylation sites (N-methyl/N-ethyl adjacent to an activating group) is 1. The molecular formula is C31H27ClF4N8O2. The number of alkyl halides is 2. The number of carbonyl (C=O) groups is 1. The molecule has 0 radical (unpaired) electrons. The minimum absolute atomic E-state index is 0.0198. The first kappa shape index (κ1) is 31.4. The summed E-state index contributed by atoms with van der Waals surface area (Å²) in [5, 5.41) is 11.2. The van der Waals surface area contributed by atoms with Crippen LogP contribution in [-0.4, -0.2) is 93.5 Å². The van der Waals surface area contributed by atoms with Gasteiger partial charge in [-0.3, -0.25) is 19.7 Å². The number of carbonyl (C=O) groups excluding carboxylic acids is 1. The Morgan fingerprint density at radius 3 is 2.74 bits per heavy atom. The highest BCUT2D eigenvalue weighted by Gasteiger charge is 2.43. The molecule has 0 unspecified atom stereocenters. The topological polar surface area (TPSA) is 111 Å². The molecule has 5 heterocycles. The number of nitriles is 1. The molecule has 1 amide bonds. The van der Waals surface area contributed by atoms with Gasteiger partial charge in [-0.2, -0.15) is 15.2 Å². The van der Waals surface area contributed by atoms with Crippen LogP contribution >= 0.6 is 11.6 Å². The SMILES string of the molecule is C=C(F)C(=O)N1CCN(c2nc(OC[C@@H]3CC(F)(F)CN3C)nc3c(F)c(-c4cncc5cccc(Cl)c45)ncc23)C[C@@H]1CC#N. The van der Waals surface area contributed by atoms with Crippen molar-refractivity contribution < 1.29 is 27.1 Å². The summed E-state index contributed by atoms with van der Waals surface area (Å²) in [5.74, 6) is -5.58. The van der Waals surface area contributed by atoms with Gasteiger partial charge < -0.3 is 14.5 Å². The summed E-state index contributed by atoms with van der Waals surface area (Å²) in [5.41, 5.74) is 0.0861. The van der Waals surface area contributed by atoms with Crippen molar-refractivity contribution in [2.24, 2.45) is 0 Å². The minimum atomic E-state index is -2.88. The number of fused-ring (bicyclic) bond motifs is 2. The van der Waals surface area contributed by atoms with E-state index in [1.165, 1.54) is 22.2 Å². The van der Waals surface area contributed by atoms with E-state index in [0.717, 1.165) is 0 Å². The van der Waals surface area contributed by atoms with E-state index in [9.17, 15) is 23.2 Å². The predicted molar refractivity (Wildman–Crippen MR) is 163 cm³/mol. The van der Waals surface area contributed by atoms with E-state index < -0.39 is 48.5 Å². The number of aromatic nitrogens is 4. The number of hydrogen-bond acceptors (Lipinski definition) is 9. The first-order valence-corrected chi connectivity index (χ1v) is 14.7. The van der Waals surface area contributed by atoms with Gasteiger partial charge in [0.25, 0.3) is 11.8 Å². The Labute approximate surface area is 265 Å². The fourth-order valence-electron chi connectivity index (χ4n) is 6.05. The highest BCUT2D eigenvalue weighted by Crippen LogP contribution is 2.38. The van der Waals surface area contributed by atoms with Crippen LogP contribution in [-0.2, 0) is 4.79 Å². The van der Waals surface area contributed by atoms with Crippen molar-refractivity contribution in [1.29, 1.82) is 5.26 Å². The number of pyridine rings is 2. The summed E-state index contributed by atoms with van der Waals surface area (Å²) in [4.78, 5) is 34.4. The van der Waals surface area contributed by atoms with Crippen LogP contribution in [0, 0.1) is 17.1 Å². The quantitative estimate of drug-likeness (QED) is 0.197. The second-order valence-electron chi connectivity index (χ2n) is 11.3. The van der Waals surface area contributed by atoms with Crippen LogP contribution < -0.4 is 9.64 Å². The lowest BCUT2D eigenvalue weighted by Gasteiger charge is -2.41. The van der Waals surface area contributed by atoms with E-state index in [1.807, 2.05) is 6.07 Å². The molecule has 0 aliphatic carbocycles. The van der Waals surface area contributed by atoms with Gasteiger partial charge in [-0.05, 0) is 13.1 Å². The standard InChI is InChI=1S/C31H27ClF4N8O2/c1-17(33)29(45)44-9-8-43(14-19(44)6-7-37)28-22-13-39-26(21-12-38-11-18-4-3-5-23(32)24(18)21)25(34)27(22)40-30(41-28)46-15-20-10-31(35,36)16-42(20)2/h3-5,11-13,19-20H,1,6,8-10,14-16H2,2H3/t19-,20-/m0/s1. The molecular weight excluding hydrogens is 628 g/mol. The zero-order valence-electron chi connectivity index (χ0n) is 24.6. The monoisotopic (exact) mass is 654 g/mol. The molecule has 0 spiro atoms. The highest BCUT2D eigenvalue weighted by molar-refractivity contribution is 6.36. The van der Waals surface area contributed by atoms with E-state index in [2.05, 4.69) is 26.5 Å². The number of rotatable bonds is 7. The molecule has 3 aromatic heterocycles. The maximum Gasteiger partial charge on any atom is 0.319 e. The number of nitrogens with zero attached hydrogens (tertiary/aromatic N) is 8. The Balaban J connectivity index is 1.44. The maximum absolute atomic E-state index is 16.5. The number of likely N-dealkylation sites (tertiary alicyclic amines) is 1. The molecule has 2 saturated heterocycles. The summed E-state index contributed by atoms with van der Waals surface area (Å²) >= 11 is 6.50. The number of hydrogen-bond donors (Lipinski definition) is 0. The zero-order chi connectivity index (χ0) is 32.7. The fraction of sp³-hybridized carbons (Fsp3) is 0.355. The van der Waals surface area contributed by atoms with Gasteiger partial charge in [-0.15, -0.1) is 0 Å². The number of anilines is 1. The van der Waals surface area contributed by atoms with Crippen LogP contribution in [0.3, 0.4) is 0 Å². The van der Waals surface area contributed by atoms with Crippen LogP contribution in [0.1, 0.15) is 12.8 Å². The van der Waals surface area contributed by atoms with E-state index in [-0.39, 0.29) is 61.1 Å². The largest absolute Gasteiger partial charge is 0.462 e. The Hall–Kier alpha value is -4.61. The summed E-state index contributed by atoms with van der Waals surface area (Å²) in [6.45, 7) is 2.67. The Morgan fingerprint density at radius 1 is 1.22 bits per heavy atom. The first-order valence-electron chi connectivity index (χ1n) is 14.3. The summed E-state index contributed by atoms with van der Waals surface area (Å²) in [6.07, 6.45) is 3.90. The average Bonchev–Trinajstić information content (AvgIpc) is 3.30. The van der Waals surface area contributed by atoms with Gasteiger partial charge in [0.05, 0.1) is 30.5 Å². The van der Waals surface area contributed by atoms with Gasteiger partial charge in [-0.1, -0.05) is 30.3 Å². The summed E-state index contributed by atoms with van der Waals surface area (Å²) in [6, 6.07) is 5.58. The van der Waals surface area contributed by atoms with Gasteiger partial charge in [-0.25, -0.2) is 17.6 Å². The van der Waals surface area contributed by atoms with Crippen molar-refractivity contribution >= 4 is 45.0 Å². The van der Waals surface area contributed by atoms with Crippen LogP contribution in [0.4, 0.5) is 23.4 Å². The number of piperazine rings is 1. The lowest BCUT2D eigenvalue weighted by Crippen LogP contribution is -2.55. The molecule has 0 saturated carbocycles. The number of benzene rings is 1. The lowest BCUT2D eigenvalue weighted by molar-refractivity contribution is -0.131. The smallest absolute Gasteiger partial charge is 0.319 e. The van der Waals surface area contributed by atoms with Gasteiger partial charge in [0.15, 0.2) is 11.6 Å². The van der Waals surface area contributed by atoms with E-state index in [0.29, 0.717) is 21.4 Å². The maximum atomic E-state index is 16.5. The Bertz CT molecular complexity index is 1900. The number of amides is 1. The van der Waals surface area contributed by atoms with Crippen LogP contribution in [0.5, 0.6) is 6.01 Å². The van der Waals surface area contributed by atoms with Crippen molar-refractivity contribution in [2.45, 2.75) is 30.8 Å². The van der Waals surface area contributed by atoms with Crippen molar-refractivity contribution in [2.75, 3.05) is 44.7 Å². The third-order valence-electron chi connectivity index (χ3n) is 8.28. The van der Waals surface area contributed by atoms with Gasteiger partial charge in [0.2, 0.25) is 0 Å². The molecule has 15 heteroatoms. The Kier molecular flexibility index (Phi) is 8.39. The molecule has 10 nitrogen and oxygen atoms in total. The second kappa shape index (κ2) is 12.3. The van der Waals surface area contributed by atoms with Gasteiger partial charge >= 0.3 is 6.01 Å². The van der Waals surface area contributed by atoms with E-state index in [1.54, 1.807) is 36.3 Å². The number of ether oxygens (including phenoxy) is 1. The minimum Gasteiger partial charge on any atom is -0.462 e. The third kappa shape index (κ3) is 5.88. The predicted octanol–water partition coefficient (Wildman–Crippen LogP) is 5.16. The van der Waals surface area contributed by atoms with Crippen LogP contribution in [0.15, 0.2) is 49.2 Å². The number of halogens is 5. The van der Waals surface area contributed by atoms with Crippen molar-refractivity contribution in [3.05, 3.63) is 60.0 Å². The summed E-state index contributed by atoms with van der Waals surface area (Å²) in [7, 11) is 1.56. The molecule has 46 heavy (non-hydrogen) atoms. The third-order valence-corrected chi connectivity index (χ3v) is 8.59. The molecule has 0 N–H and O–H groups in total. The molecule has 2 atom stereocenters. The first-order chi connectivity index (χ1) is 22.0. The normalized spacial score (nSPS) is 19.8. The molecule has 2 aliphatic heterocycles. The van der Waals surface area contributed by atoms with Gasteiger partial charge in [0, 0.05) is 72.0 Å². The second-order valence-corrected chi connectivity index (χ2v) is 11.8. The summed E-state index contributed by atoms with van der Waals surface area (Å²) < 4.78 is 64.2. The highest BCUT2D eigenvalue weighted by atomic mass is 35.5. The van der Waals surface area contributed by atoms with Crippen molar-refractivity contribution in [3.8, 4) is 23.3 Å². The van der Waals surface area contributed by atoms with Crippen LogP contribution in [0.2, 0.25) is 5.02 Å². The molecule has 4 aromatic rings. The van der Waals surface area contributed by atoms with E-state index in [4.69, 9.17) is 16.3 Å². The lowest BCUT2D eigenvalue weighted by atomic mass is 10.0. The Morgan fingerprint density at radius 2 is 2.02 bits per heavy atom. The molecule has 0 bridgehead atoms. The molecule has 2 aliphatic rings. The molecule has 1 aromatic carbocycles. The zero-order valence-corrected chi connectivity index (χ0v) is 25.3. The fourth-order valence-corrected chi connectivity index (χ4v) is 6.33. The molecule has 6 rings (SSSR count). The molecule has 2 fully saturated rings. The van der Waals surface area contributed by atoms with Crippen molar-refractivity contribution in [1.82, 2.24) is 29.7 Å².